The molecule has 4 aromatic rings. The maximum Gasteiger partial charge on any atom is 0.407 e. The summed E-state index contributed by atoms with van der Waals surface area (Å²) in [5.74, 6) is 2.63. The number of fused-ring (bicyclic) bond motifs is 3. The summed E-state index contributed by atoms with van der Waals surface area (Å²) in [6.45, 7) is 4.60. The van der Waals surface area contributed by atoms with Crippen LogP contribution >= 0.6 is 0 Å². The van der Waals surface area contributed by atoms with Gasteiger partial charge in [-0.1, -0.05) is 96.4 Å². The number of ether oxygens (including phenoxy) is 1. The quantitative estimate of drug-likeness (QED) is 0.192. The fraction of sp³-hybridized carbons (Fsp3) is 0.263. The molecule has 2 unspecified atom stereocenters. The molecule has 0 radical (unpaired) electrons. The van der Waals surface area contributed by atoms with Crippen molar-refractivity contribution in [3.05, 3.63) is 130 Å². The van der Waals surface area contributed by atoms with Crippen molar-refractivity contribution in [2.24, 2.45) is 0 Å². The van der Waals surface area contributed by atoms with Gasteiger partial charge in [-0.3, -0.25) is 4.79 Å². The Kier molecular flexibility index (Phi) is 9.19. The number of hydrogen-bond donors (Lipinski definition) is 1. The molecule has 1 aliphatic rings. The molecule has 42 heavy (non-hydrogen) atoms. The van der Waals surface area contributed by atoms with E-state index in [0.717, 1.165) is 35.1 Å². The zero-order valence-electron chi connectivity index (χ0n) is 24.4. The standard InChI is InChI=1S/C38H37NO3/c1-4-28-13-6-7-14-29(28)15-11-19-34(30-16-8-5-12-27(30)3)37(40)22-23-39-38(41)42-25-36-32-18-10-9-17-31(32)33-21-20-26(2)24-35(33)36/h1,5-10,12-14,16-18,20-21,24,34,36H,11,15,19,22-23,25H2,2-3H3,(H,39,41). The van der Waals surface area contributed by atoms with E-state index in [9.17, 15) is 9.59 Å². The maximum atomic E-state index is 13.5. The smallest absolute Gasteiger partial charge is 0.407 e. The number of rotatable bonds is 11. The van der Waals surface area contributed by atoms with Gasteiger partial charge < -0.3 is 10.1 Å². The topological polar surface area (TPSA) is 55.4 Å². The SMILES string of the molecule is C#Cc1ccccc1CCCC(C(=O)CCNC(=O)OCC1c2ccccc2-c2ccc(C)cc21)c1ccccc1C. The van der Waals surface area contributed by atoms with Crippen LogP contribution in [-0.2, 0) is 16.0 Å². The highest BCUT2D eigenvalue weighted by Gasteiger charge is 2.29. The molecule has 5 rings (SSSR count). The minimum Gasteiger partial charge on any atom is -0.449 e. The van der Waals surface area contributed by atoms with E-state index in [4.69, 9.17) is 11.2 Å². The summed E-state index contributed by atoms with van der Waals surface area (Å²) >= 11 is 0. The molecule has 1 N–H and O–H groups in total. The third-order valence-electron chi connectivity index (χ3n) is 8.30. The second-order valence-electron chi connectivity index (χ2n) is 11.1. The number of Topliss-reactive ketones (excluding diaryl/α,β-unsaturated/α-hetero) is 1. The van der Waals surface area contributed by atoms with E-state index in [-0.39, 0.29) is 37.2 Å². The number of amides is 1. The molecule has 0 heterocycles. The summed E-state index contributed by atoms with van der Waals surface area (Å²) in [6, 6.07) is 30.7. The molecule has 0 aromatic heterocycles. The van der Waals surface area contributed by atoms with Crippen molar-refractivity contribution in [2.45, 2.75) is 51.4 Å². The van der Waals surface area contributed by atoms with Crippen LogP contribution in [-0.4, -0.2) is 25.0 Å². The van der Waals surface area contributed by atoms with Gasteiger partial charge in [0.15, 0.2) is 0 Å². The van der Waals surface area contributed by atoms with Gasteiger partial charge in [0.25, 0.3) is 0 Å². The summed E-state index contributed by atoms with van der Waals surface area (Å²) in [5.41, 5.74) is 10.1. The van der Waals surface area contributed by atoms with E-state index in [0.29, 0.717) is 6.42 Å². The van der Waals surface area contributed by atoms with Crippen molar-refractivity contribution in [3.63, 3.8) is 0 Å². The van der Waals surface area contributed by atoms with E-state index in [2.05, 4.69) is 54.6 Å². The summed E-state index contributed by atoms with van der Waals surface area (Å²) in [7, 11) is 0. The number of terminal acetylenes is 1. The van der Waals surface area contributed by atoms with Crippen LogP contribution in [0.2, 0.25) is 0 Å². The summed E-state index contributed by atoms with van der Waals surface area (Å²) < 4.78 is 5.68. The van der Waals surface area contributed by atoms with Crippen molar-refractivity contribution in [1.82, 2.24) is 5.32 Å². The lowest BCUT2D eigenvalue weighted by molar-refractivity contribution is -0.120. The first-order valence-electron chi connectivity index (χ1n) is 14.7. The van der Waals surface area contributed by atoms with E-state index >= 15 is 0 Å². The molecule has 0 bridgehead atoms. The summed E-state index contributed by atoms with van der Waals surface area (Å²) in [4.78, 5) is 26.2. The van der Waals surface area contributed by atoms with Gasteiger partial charge in [0, 0.05) is 30.4 Å². The first-order chi connectivity index (χ1) is 20.5. The van der Waals surface area contributed by atoms with Crippen LogP contribution in [0.5, 0.6) is 0 Å². The molecule has 4 aromatic carbocycles. The Morgan fingerprint density at radius 2 is 1.64 bits per heavy atom. The Balaban J connectivity index is 1.17. The minimum atomic E-state index is -0.500. The first-order valence-corrected chi connectivity index (χ1v) is 14.7. The van der Waals surface area contributed by atoms with Crippen LogP contribution in [0.15, 0.2) is 91.0 Å². The van der Waals surface area contributed by atoms with Gasteiger partial charge in [-0.15, -0.1) is 6.42 Å². The van der Waals surface area contributed by atoms with Crippen molar-refractivity contribution >= 4 is 11.9 Å². The molecule has 0 spiro atoms. The van der Waals surface area contributed by atoms with E-state index in [1.807, 2.05) is 61.5 Å². The fourth-order valence-electron chi connectivity index (χ4n) is 6.12. The Hall–Kier alpha value is -4.62. The van der Waals surface area contributed by atoms with Crippen molar-refractivity contribution in [1.29, 1.82) is 0 Å². The molecule has 0 saturated heterocycles. The van der Waals surface area contributed by atoms with Gasteiger partial charge in [-0.05, 0) is 78.1 Å². The minimum absolute atomic E-state index is 0.00600. The van der Waals surface area contributed by atoms with Gasteiger partial charge in [-0.2, -0.15) is 0 Å². The highest BCUT2D eigenvalue weighted by molar-refractivity contribution is 5.86. The Labute approximate surface area is 249 Å². The monoisotopic (exact) mass is 555 g/mol. The normalized spacial score (nSPS) is 13.9. The fourth-order valence-corrected chi connectivity index (χ4v) is 6.12. The zero-order chi connectivity index (χ0) is 29.5. The van der Waals surface area contributed by atoms with Crippen molar-refractivity contribution < 1.29 is 14.3 Å². The molecule has 1 amide bonds. The Morgan fingerprint density at radius 1 is 0.905 bits per heavy atom. The number of aryl methyl sites for hydroxylation is 3. The van der Waals surface area contributed by atoms with Crippen LogP contribution < -0.4 is 5.32 Å². The molecule has 4 nitrogen and oxygen atoms in total. The van der Waals surface area contributed by atoms with Crippen molar-refractivity contribution in [2.75, 3.05) is 13.2 Å². The summed E-state index contributed by atoms with van der Waals surface area (Å²) in [5, 5.41) is 2.81. The third kappa shape index (κ3) is 6.47. The molecule has 0 fully saturated rings. The Bertz CT molecular complexity index is 1630. The Morgan fingerprint density at radius 3 is 2.48 bits per heavy atom. The van der Waals surface area contributed by atoms with Crippen LogP contribution in [0.4, 0.5) is 4.79 Å². The van der Waals surface area contributed by atoms with Gasteiger partial charge in [-0.25, -0.2) is 4.79 Å². The second kappa shape index (κ2) is 13.4. The highest BCUT2D eigenvalue weighted by atomic mass is 16.5. The molecule has 0 aliphatic heterocycles. The first kappa shape index (κ1) is 28.9. The number of hydrogen-bond acceptors (Lipinski definition) is 3. The van der Waals surface area contributed by atoms with Crippen LogP contribution in [0.25, 0.3) is 11.1 Å². The van der Waals surface area contributed by atoms with Crippen LogP contribution in [0.1, 0.15) is 70.0 Å². The summed E-state index contributed by atoms with van der Waals surface area (Å²) in [6.07, 6.45) is 7.78. The van der Waals surface area contributed by atoms with E-state index in [1.54, 1.807) is 0 Å². The predicted molar refractivity (Wildman–Crippen MR) is 169 cm³/mol. The molecule has 0 saturated carbocycles. The average molecular weight is 556 g/mol. The second-order valence-corrected chi connectivity index (χ2v) is 11.1. The molecule has 212 valence electrons. The van der Waals surface area contributed by atoms with Crippen LogP contribution in [0, 0.1) is 26.2 Å². The molecule has 1 aliphatic carbocycles. The lowest BCUT2D eigenvalue weighted by Gasteiger charge is -2.19. The van der Waals surface area contributed by atoms with Crippen molar-refractivity contribution in [3.8, 4) is 23.5 Å². The zero-order valence-corrected chi connectivity index (χ0v) is 24.4. The molecular formula is C38H37NO3. The maximum absolute atomic E-state index is 13.5. The lowest BCUT2D eigenvalue weighted by Crippen LogP contribution is -2.29. The van der Waals surface area contributed by atoms with Gasteiger partial charge >= 0.3 is 6.09 Å². The number of benzene rings is 4. The number of alkyl carbamates (subject to hydrolysis) is 1. The number of nitrogens with one attached hydrogen (secondary N) is 1. The largest absolute Gasteiger partial charge is 0.449 e. The van der Waals surface area contributed by atoms with E-state index < -0.39 is 6.09 Å². The molecule has 4 heteroatoms. The third-order valence-corrected chi connectivity index (χ3v) is 8.30. The molecular weight excluding hydrogens is 518 g/mol. The lowest BCUT2D eigenvalue weighted by atomic mass is 9.85. The predicted octanol–water partition coefficient (Wildman–Crippen LogP) is 7.89. The van der Waals surface area contributed by atoms with Gasteiger partial charge in [0.1, 0.15) is 12.4 Å². The average Bonchev–Trinajstić information content (AvgIpc) is 3.31. The van der Waals surface area contributed by atoms with Crippen LogP contribution in [0.3, 0.4) is 0 Å². The number of carbonyl (C=O) groups excluding carboxylic acids is 2. The number of ketones is 1. The highest BCUT2D eigenvalue weighted by Crippen LogP contribution is 2.45. The van der Waals surface area contributed by atoms with Gasteiger partial charge in [0.05, 0.1) is 0 Å². The van der Waals surface area contributed by atoms with Gasteiger partial charge in [0.2, 0.25) is 0 Å². The molecule has 2 atom stereocenters. The van der Waals surface area contributed by atoms with E-state index in [1.165, 1.54) is 27.8 Å². The number of carbonyl (C=O) groups is 2.